The first-order valence-electron chi connectivity index (χ1n) is 8.02. The SMILES string of the molecule is CCCCn1c(O)c(C(CC)=NNc2ccccc2)c(=O)[nH]c1=O. The molecule has 0 aliphatic carbocycles. The van der Waals surface area contributed by atoms with E-state index >= 15 is 0 Å². The average Bonchev–Trinajstić information content (AvgIpc) is 2.58. The smallest absolute Gasteiger partial charge is 0.331 e. The zero-order valence-corrected chi connectivity index (χ0v) is 13.9. The van der Waals surface area contributed by atoms with E-state index in [2.05, 4.69) is 15.5 Å². The summed E-state index contributed by atoms with van der Waals surface area (Å²) in [6.45, 7) is 4.15. The number of aromatic hydroxyl groups is 1. The van der Waals surface area contributed by atoms with E-state index in [1.165, 1.54) is 4.57 Å². The van der Waals surface area contributed by atoms with Crippen LogP contribution < -0.4 is 16.7 Å². The van der Waals surface area contributed by atoms with Crippen LogP contribution in [0.25, 0.3) is 0 Å². The van der Waals surface area contributed by atoms with E-state index in [0.717, 1.165) is 18.5 Å². The van der Waals surface area contributed by atoms with E-state index in [9.17, 15) is 14.7 Å². The lowest BCUT2D eigenvalue weighted by atomic mass is 10.1. The summed E-state index contributed by atoms with van der Waals surface area (Å²) < 4.78 is 1.17. The van der Waals surface area contributed by atoms with Gasteiger partial charge in [-0.15, -0.1) is 0 Å². The van der Waals surface area contributed by atoms with Crippen LogP contribution in [0.15, 0.2) is 45.0 Å². The van der Waals surface area contributed by atoms with Crippen LogP contribution in [0.4, 0.5) is 5.69 Å². The first kappa shape index (κ1) is 17.5. The fourth-order valence-electron chi connectivity index (χ4n) is 2.30. The molecule has 7 nitrogen and oxygen atoms in total. The molecule has 3 N–H and O–H groups in total. The molecule has 0 spiro atoms. The van der Waals surface area contributed by atoms with Gasteiger partial charge >= 0.3 is 5.69 Å². The number of hydrogen-bond donors (Lipinski definition) is 3. The number of benzene rings is 1. The second-order valence-corrected chi connectivity index (χ2v) is 5.35. The number of nitrogens with one attached hydrogen (secondary N) is 2. The van der Waals surface area contributed by atoms with E-state index in [0.29, 0.717) is 18.7 Å². The predicted molar refractivity (Wildman–Crippen MR) is 94.8 cm³/mol. The van der Waals surface area contributed by atoms with Crippen LogP contribution in [-0.2, 0) is 6.54 Å². The topological polar surface area (TPSA) is 99.5 Å². The van der Waals surface area contributed by atoms with Gasteiger partial charge in [0.1, 0.15) is 5.56 Å². The number of rotatable bonds is 7. The number of unbranched alkanes of at least 4 members (excludes halogenated alkanes) is 1. The zero-order valence-electron chi connectivity index (χ0n) is 13.9. The van der Waals surface area contributed by atoms with Crippen molar-refractivity contribution in [1.29, 1.82) is 0 Å². The first-order chi connectivity index (χ1) is 11.6. The second-order valence-electron chi connectivity index (χ2n) is 5.35. The molecule has 0 radical (unpaired) electrons. The van der Waals surface area contributed by atoms with Crippen molar-refractivity contribution in [3.63, 3.8) is 0 Å². The van der Waals surface area contributed by atoms with Gasteiger partial charge in [0.2, 0.25) is 5.88 Å². The molecular formula is C17H22N4O3. The van der Waals surface area contributed by atoms with Crippen molar-refractivity contribution in [2.45, 2.75) is 39.7 Å². The lowest BCUT2D eigenvalue weighted by molar-refractivity contribution is 0.394. The maximum Gasteiger partial charge on any atom is 0.331 e. The Balaban J connectivity index is 2.44. The van der Waals surface area contributed by atoms with Crippen LogP contribution in [0.1, 0.15) is 38.7 Å². The first-order valence-corrected chi connectivity index (χ1v) is 8.02. The molecule has 2 rings (SSSR count). The fourth-order valence-corrected chi connectivity index (χ4v) is 2.30. The highest BCUT2D eigenvalue weighted by Crippen LogP contribution is 2.15. The second kappa shape index (κ2) is 8.14. The molecule has 0 saturated carbocycles. The summed E-state index contributed by atoms with van der Waals surface area (Å²) in [4.78, 5) is 26.3. The minimum absolute atomic E-state index is 0.0247. The minimum Gasteiger partial charge on any atom is -0.494 e. The number of hydrogen-bond acceptors (Lipinski definition) is 5. The van der Waals surface area contributed by atoms with E-state index in [4.69, 9.17) is 0 Å². The number of aromatic amines is 1. The Hall–Kier alpha value is -2.83. The third kappa shape index (κ3) is 3.92. The third-order valence-corrected chi connectivity index (χ3v) is 3.62. The molecule has 1 aromatic carbocycles. The monoisotopic (exact) mass is 330 g/mol. The van der Waals surface area contributed by atoms with Crippen molar-refractivity contribution >= 4 is 11.4 Å². The molecule has 24 heavy (non-hydrogen) atoms. The molecule has 0 amide bonds. The molecule has 0 atom stereocenters. The molecule has 0 fully saturated rings. The Morgan fingerprint density at radius 2 is 1.96 bits per heavy atom. The lowest BCUT2D eigenvalue weighted by Gasteiger charge is -2.12. The van der Waals surface area contributed by atoms with Gasteiger partial charge in [-0.05, 0) is 25.0 Å². The molecule has 0 saturated heterocycles. The highest BCUT2D eigenvalue weighted by Gasteiger charge is 2.18. The van der Waals surface area contributed by atoms with Gasteiger partial charge < -0.3 is 5.11 Å². The number of hydrazone groups is 1. The van der Waals surface area contributed by atoms with Gasteiger partial charge in [0.25, 0.3) is 5.56 Å². The zero-order chi connectivity index (χ0) is 17.5. The van der Waals surface area contributed by atoms with Crippen LogP contribution in [-0.4, -0.2) is 20.4 Å². The molecule has 0 aliphatic heterocycles. The van der Waals surface area contributed by atoms with Crippen LogP contribution >= 0.6 is 0 Å². The molecule has 0 unspecified atom stereocenters. The van der Waals surface area contributed by atoms with Gasteiger partial charge in [-0.3, -0.25) is 19.8 Å². The van der Waals surface area contributed by atoms with Crippen molar-refractivity contribution in [2.24, 2.45) is 5.10 Å². The van der Waals surface area contributed by atoms with Gasteiger partial charge in [-0.2, -0.15) is 5.10 Å². The Morgan fingerprint density at radius 1 is 1.25 bits per heavy atom. The van der Waals surface area contributed by atoms with Crippen molar-refractivity contribution in [1.82, 2.24) is 9.55 Å². The summed E-state index contributed by atoms with van der Waals surface area (Å²) in [6.07, 6.45) is 2.01. The van der Waals surface area contributed by atoms with E-state index in [-0.39, 0.29) is 11.4 Å². The average molecular weight is 330 g/mol. The lowest BCUT2D eigenvalue weighted by Crippen LogP contribution is -2.34. The van der Waals surface area contributed by atoms with Crippen LogP contribution in [0.5, 0.6) is 5.88 Å². The van der Waals surface area contributed by atoms with E-state index < -0.39 is 11.2 Å². The number of H-pyrrole nitrogens is 1. The highest BCUT2D eigenvalue weighted by molar-refractivity contribution is 6.02. The predicted octanol–water partition coefficient (Wildman–Crippen LogP) is 2.27. The third-order valence-electron chi connectivity index (χ3n) is 3.62. The molecule has 7 heteroatoms. The molecule has 0 bridgehead atoms. The maximum absolute atomic E-state index is 12.2. The largest absolute Gasteiger partial charge is 0.494 e. The number of anilines is 1. The van der Waals surface area contributed by atoms with E-state index in [1.807, 2.05) is 44.2 Å². The van der Waals surface area contributed by atoms with Gasteiger partial charge in [-0.25, -0.2) is 4.79 Å². The number of aromatic nitrogens is 2. The summed E-state index contributed by atoms with van der Waals surface area (Å²) in [6, 6.07) is 9.28. The summed E-state index contributed by atoms with van der Waals surface area (Å²) >= 11 is 0. The normalized spacial score (nSPS) is 11.5. The summed E-state index contributed by atoms with van der Waals surface area (Å²) in [5.74, 6) is -0.340. The van der Waals surface area contributed by atoms with Crippen molar-refractivity contribution < 1.29 is 5.11 Å². The van der Waals surface area contributed by atoms with Crippen LogP contribution in [0, 0.1) is 0 Å². The fraction of sp³-hybridized carbons (Fsp3) is 0.353. The van der Waals surface area contributed by atoms with Crippen molar-refractivity contribution in [3.05, 3.63) is 56.7 Å². The quantitative estimate of drug-likeness (QED) is 0.535. The molecule has 2 aromatic rings. The summed E-state index contributed by atoms with van der Waals surface area (Å²) in [5.41, 5.74) is 2.78. The summed E-state index contributed by atoms with van der Waals surface area (Å²) in [5, 5.41) is 14.6. The Labute approximate surface area is 139 Å². The molecule has 1 heterocycles. The van der Waals surface area contributed by atoms with E-state index in [1.54, 1.807) is 0 Å². The van der Waals surface area contributed by atoms with Crippen LogP contribution in [0.2, 0.25) is 0 Å². The Kier molecular flexibility index (Phi) is 5.95. The molecular weight excluding hydrogens is 308 g/mol. The Morgan fingerprint density at radius 3 is 2.58 bits per heavy atom. The van der Waals surface area contributed by atoms with Crippen molar-refractivity contribution in [2.75, 3.05) is 5.43 Å². The van der Waals surface area contributed by atoms with Gasteiger partial charge in [0.15, 0.2) is 0 Å². The molecule has 1 aromatic heterocycles. The summed E-state index contributed by atoms with van der Waals surface area (Å²) in [7, 11) is 0. The number of para-hydroxylation sites is 1. The minimum atomic E-state index is -0.638. The molecule has 128 valence electrons. The van der Waals surface area contributed by atoms with Crippen molar-refractivity contribution in [3.8, 4) is 5.88 Å². The Bertz CT molecular complexity index is 822. The highest BCUT2D eigenvalue weighted by atomic mass is 16.3. The standard InChI is InChI=1S/C17H22N4O3/c1-3-5-11-21-16(23)14(15(22)18-17(21)24)13(4-2)20-19-12-9-7-6-8-10-12/h6-10,19,23H,3-5,11H2,1-2H3,(H,18,22,24). The maximum atomic E-state index is 12.2. The number of nitrogens with zero attached hydrogens (tertiary/aromatic N) is 2. The van der Waals surface area contributed by atoms with Gasteiger partial charge in [0.05, 0.1) is 11.4 Å². The molecule has 0 aliphatic rings. The van der Waals surface area contributed by atoms with Crippen LogP contribution in [0.3, 0.4) is 0 Å². The van der Waals surface area contributed by atoms with Gasteiger partial charge in [-0.1, -0.05) is 38.5 Å². The van der Waals surface area contributed by atoms with Gasteiger partial charge in [0, 0.05) is 6.54 Å².